The first-order valence-electron chi connectivity index (χ1n) is 5.75. The molecule has 0 atom stereocenters. The minimum atomic E-state index is -0.207. The van der Waals surface area contributed by atoms with Crippen LogP contribution in [-0.4, -0.2) is 11.0 Å². The molecule has 18 heavy (non-hydrogen) atoms. The molecule has 1 aromatic heterocycles. The predicted octanol–water partition coefficient (Wildman–Crippen LogP) is 2.71. The smallest absolute Gasteiger partial charge is 0.319 e. The van der Waals surface area contributed by atoms with E-state index in [4.69, 9.17) is 0 Å². The van der Waals surface area contributed by atoms with Crippen molar-refractivity contribution in [2.24, 2.45) is 0 Å². The van der Waals surface area contributed by atoms with E-state index in [9.17, 15) is 4.79 Å². The maximum absolute atomic E-state index is 11.7. The molecule has 0 bridgehead atoms. The van der Waals surface area contributed by atoms with E-state index in [1.807, 2.05) is 43.3 Å². The third-order valence-corrected chi connectivity index (χ3v) is 2.60. The van der Waals surface area contributed by atoms with Crippen LogP contribution in [0.15, 0.2) is 48.8 Å². The summed E-state index contributed by atoms with van der Waals surface area (Å²) in [6.45, 7) is 2.44. The van der Waals surface area contributed by atoms with Crippen LogP contribution in [0.25, 0.3) is 0 Å². The normalized spacial score (nSPS) is 9.83. The first-order valence-corrected chi connectivity index (χ1v) is 5.75. The minimum Gasteiger partial charge on any atom is -0.334 e. The van der Waals surface area contributed by atoms with Gasteiger partial charge >= 0.3 is 6.03 Å². The van der Waals surface area contributed by atoms with E-state index in [-0.39, 0.29) is 6.03 Å². The molecule has 2 N–H and O–H groups in total. The number of anilines is 1. The molecule has 92 valence electrons. The molecule has 4 heteroatoms. The summed E-state index contributed by atoms with van der Waals surface area (Å²) >= 11 is 0. The van der Waals surface area contributed by atoms with Gasteiger partial charge in [-0.2, -0.15) is 0 Å². The molecular weight excluding hydrogens is 226 g/mol. The Hall–Kier alpha value is -2.36. The Bertz CT molecular complexity index is 526. The van der Waals surface area contributed by atoms with E-state index in [0.717, 1.165) is 16.8 Å². The molecule has 0 saturated heterocycles. The predicted molar refractivity (Wildman–Crippen MR) is 71.3 cm³/mol. The number of rotatable bonds is 3. The molecule has 4 nitrogen and oxygen atoms in total. The van der Waals surface area contributed by atoms with Crippen molar-refractivity contribution in [1.82, 2.24) is 10.3 Å². The molecule has 2 amide bonds. The number of nitrogens with one attached hydrogen (secondary N) is 2. The highest BCUT2D eigenvalue weighted by Crippen LogP contribution is 2.12. The first-order chi connectivity index (χ1) is 8.75. The topological polar surface area (TPSA) is 54.0 Å². The summed E-state index contributed by atoms with van der Waals surface area (Å²) in [6, 6.07) is 11.2. The fraction of sp³-hybridized carbons (Fsp3) is 0.143. The number of aryl methyl sites for hydroxylation is 1. The van der Waals surface area contributed by atoms with Crippen molar-refractivity contribution in [1.29, 1.82) is 0 Å². The van der Waals surface area contributed by atoms with Gasteiger partial charge in [-0.15, -0.1) is 0 Å². The Kier molecular flexibility index (Phi) is 3.91. The number of urea groups is 1. The van der Waals surface area contributed by atoms with E-state index >= 15 is 0 Å². The van der Waals surface area contributed by atoms with Crippen molar-refractivity contribution in [2.45, 2.75) is 13.5 Å². The van der Waals surface area contributed by atoms with Gasteiger partial charge in [-0.1, -0.05) is 18.2 Å². The highest BCUT2D eigenvalue weighted by atomic mass is 16.2. The molecule has 1 heterocycles. The number of para-hydroxylation sites is 1. The number of hydrogen-bond acceptors (Lipinski definition) is 2. The van der Waals surface area contributed by atoms with Crippen molar-refractivity contribution >= 4 is 11.7 Å². The monoisotopic (exact) mass is 241 g/mol. The number of aromatic nitrogens is 1. The first kappa shape index (κ1) is 12.1. The Labute approximate surface area is 106 Å². The summed E-state index contributed by atoms with van der Waals surface area (Å²) in [6.07, 6.45) is 3.41. The largest absolute Gasteiger partial charge is 0.334 e. The standard InChI is InChI=1S/C14H15N3O/c1-11-4-2-3-5-13(11)17-14(18)16-10-12-6-8-15-9-7-12/h2-9H,10H2,1H3,(H2,16,17,18). The van der Waals surface area contributed by atoms with Gasteiger partial charge in [0, 0.05) is 24.6 Å². The van der Waals surface area contributed by atoms with Gasteiger partial charge < -0.3 is 10.6 Å². The van der Waals surface area contributed by atoms with Gasteiger partial charge in [-0.25, -0.2) is 4.79 Å². The van der Waals surface area contributed by atoms with E-state index in [1.54, 1.807) is 12.4 Å². The summed E-state index contributed by atoms with van der Waals surface area (Å²) < 4.78 is 0. The van der Waals surface area contributed by atoms with Crippen LogP contribution in [0.2, 0.25) is 0 Å². The zero-order chi connectivity index (χ0) is 12.8. The molecule has 0 aliphatic heterocycles. The summed E-state index contributed by atoms with van der Waals surface area (Å²) in [5, 5.41) is 5.61. The SMILES string of the molecule is Cc1ccccc1NC(=O)NCc1ccncc1. The van der Waals surface area contributed by atoms with Crippen molar-refractivity contribution in [3.8, 4) is 0 Å². The molecule has 1 aromatic carbocycles. The Balaban J connectivity index is 1.88. The molecule has 2 rings (SSSR count). The van der Waals surface area contributed by atoms with Gasteiger partial charge in [0.15, 0.2) is 0 Å². The average Bonchev–Trinajstić information content (AvgIpc) is 2.40. The highest BCUT2D eigenvalue weighted by molar-refractivity contribution is 5.89. The number of carbonyl (C=O) groups excluding carboxylic acids is 1. The maximum atomic E-state index is 11.7. The maximum Gasteiger partial charge on any atom is 0.319 e. The van der Waals surface area contributed by atoms with Gasteiger partial charge in [-0.3, -0.25) is 4.98 Å². The average molecular weight is 241 g/mol. The van der Waals surface area contributed by atoms with E-state index in [0.29, 0.717) is 6.54 Å². The molecule has 2 aromatic rings. The van der Waals surface area contributed by atoms with Crippen molar-refractivity contribution in [2.75, 3.05) is 5.32 Å². The Morgan fingerprint density at radius 2 is 1.89 bits per heavy atom. The third-order valence-electron chi connectivity index (χ3n) is 2.60. The van der Waals surface area contributed by atoms with Crippen LogP contribution < -0.4 is 10.6 Å². The lowest BCUT2D eigenvalue weighted by molar-refractivity contribution is 0.251. The molecule has 0 saturated carbocycles. The van der Waals surface area contributed by atoms with Crippen LogP contribution in [-0.2, 0) is 6.54 Å². The van der Waals surface area contributed by atoms with Crippen molar-refractivity contribution in [3.63, 3.8) is 0 Å². The van der Waals surface area contributed by atoms with Crippen LogP contribution in [0.4, 0.5) is 10.5 Å². The Morgan fingerprint density at radius 3 is 2.61 bits per heavy atom. The van der Waals surface area contributed by atoms with Gasteiger partial charge in [0.1, 0.15) is 0 Å². The molecule has 0 aliphatic rings. The fourth-order valence-electron chi connectivity index (χ4n) is 1.56. The zero-order valence-corrected chi connectivity index (χ0v) is 10.2. The van der Waals surface area contributed by atoms with Gasteiger partial charge in [0.05, 0.1) is 0 Å². The highest BCUT2D eigenvalue weighted by Gasteiger charge is 2.03. The van der Waals surface area contributed by atoms with Crippen LogP contribution in [0.3, 0.4) is 0 Å². The van der Waals surface area contributed by atoms with Crippen LogP contribution >= 0.6 is 0 Å². The molecule has 0 aliphatic carbocycles. The van der Waals surface area contributed by atoms with Crippen molar-refractivity contribution < 1.29 is 4.79 Å². The summed E-state index contributed by atoms with van der Waals surface area (Å²) in [4.78, 5) is 15.6. The zero-order valence-electron chi connectivity index (χ0n) is 10.2. The molecular formula is C14H15N3O. The second kappa shape index (κ2) is 5.82. The lowest BCUT2D eigenvalue weighted by Crippen LogP contribution is -2.28. The second-order valence-electron chi connectivity index (χ2n) is 3.98. The number of pyridine rings is 1. The summed E-state index contributed by atoms with van der Waals surface area (Å²) in [5.74, 6) is 0. The van der Waals surface area contributed by atoms with Crippen LogP contribution in [0, 0.1) is 6.92 Å². The van der Waals surface area contributed by atoms with E-state index in [1.165, 1.54) is 0 Å². The van der Waals surface area contributed by atoms with Crippen molar-refractivity contribution in [3.05, 3.63) is 59.9 Å². The number of nitrogens with zero attached hydrogens (tertiary/aromatic N) is 1. The summed E-state index contributed by atoms with van der Waals surface area (Å²) in [7, 11) is 0. The van der Waals surface area contributed by atoms with E-state index in [2.05, 4.69) is 15.6 Å². The number of benzene rings is 1. The van der Waals surface area contributed by atoms with Gasteiger partial charge in [-0.05, 0) is 36.2 Å². The third kappa shape index (κ3) is 3.31. The Morgan fingerprint density at radius 1 is 1.17 bits per heavy atom. The van der Waals surface area contributed by atoms with Crippen LogP contribution in [0.5, 0.6) is 0 Å². The fourth-order valence-corrected chi connectivity index (χ4v) is 1.56. The number of carbonyl (C=O) groups is 1. The lowest BCUT2D eigenvalue weighted by Gasteiger charge is -2.09. The second-order valence-corrected chi connectivity index (χ2v) is 3.98. The lowest BCUT2D eigenvalue weighted by atomic mass is 10.2. The molecule has 0 fully saturated rings. The van der Waals surface area contributed by atoms with E-state index < -0.39 is 0 Å². The minimum absolute atomic E-state index is 0.207. The molecule has 0 spiro atoms. The number of hydrogen-bond donors (Lipinski definition) is 2. The quantitative estimate of drug-likeness (QED) is 0.868. The molecule has 0 unspecified atom stereocenters. The number of amides is 2. The van der Waals surface area contributed by atoms with Gasteiger partial charge in [0.2, 0.25) is 0 Å². The summed E-state index contributed by atoms with van der Waals surface area (Å²) in [5.41, 5.74) is 2.88. The molecule has 0 radical (unpaired) electrons. The van der Waals surface area contributed by atoms with Gasteiger partial charge in [0.25, 0.3) is 0 Å². The van der Waals surface area contributed by atoms with Crippen LogP contribution in [0.1, 0.15) is 11.1 Å².